The van der Waals surface area contributed by atoms with Gasteiger partial charge >= 0.3 is 0 Å². The molecule has 7 heteroatoms. The number of aromatic nitrogens is 2. The van der Waals surface area contributed by atoms with Crippen LogP contribution < -0.4 is 4.74 Å². The van der Waals surface area contributed by atoms with E-state index in [1.807, 2.05) is 31.0 Å². The molecule has 0 aliphatic heterocycles. The van der Waals surface area contributed by atoms with Gasteiger partial charge in [0.15, 0.2) is 11.6 Å². The average molecular weight is 376 g/mol. The third kappa shape index (κ3) is 4.39. The molecule has 0 aliphatic carbocycles. The molecule has 1 aromatic heterocycles. The SMILES string of the molecule is CC(c1nnc(-c2cccc(Cl)c2)o1)N(C)CCOc1ccccc1F. The van der Waals surface area contributed by atoms with E-state index >= 15 is 0 Å². The molecular weight excluding hydrogens is 357 g/mol. The van der Waals surface area contributed by atoms with Gasteiger partial charge in [-0.05, 0) is 44.3 Å². The first kappa shape index (κ1) is 18.4. The summed E-state index contributed by atoms with van der Waals surface area (Å²) in [6.07, 6.45) is 0. The van der Waals surface area contributed by atoms with Crippen molar-refractivity contribution in [2.75, 3.05) is 20.2 Å². The summed E-state index contributed by atoms with van der Waals surface area (Å²) in [7, 11) is 1.92. The van der Waals surface area contributed by atoms with Crippen molar-refractivity contribution < 1.29 is 13.5 Å². The van der Waals surface area contributed by atoms with Gasteiger partial charge in [0.2, 0.25) is 11.8 Å². The largest absolute Gasteiger partial charge is 0.489 e. The number of para-hydroxylation sites is 1. The van der Waals surface area contributed by atoms with Crippen molar-refractivity contribution in [1.82, 2.24) is 15.1 Å². The van der Waals surface area contributed by atoms with Gasteiger partial charge in [-0.1, -0.05) is 29.8 Å². The van der Waals surface area contributed by atoms with Crippen LogP contribution in [0, 0.1) is 5.82 Å². The van der Waals surface area contributed by atoms with Crippen molar-refractivity contribution in [1.29, 1.82) is 0 Å². The fourth-order valence-corrected chi connectivity index (χ4v) is 2.58. The Hall–Kier alpha value is -2.44. The third-order valence-electron chi connectivity index (χ3n) is 4.07. The zero-order valence-electron chi connectivity index (χ0n) is 14.5. The van der Waals surface area contributed by atoms with E-state index in [0.29, 0.717) is 30.0 Å². The monoisotopic (exact) mass is 375 g/mol. The maximum Gasteiger partial charge on any atom is 0.247 e. The molecule has 3 rings (SSSR count). The predicted molar refractivity (Wildman–Crippen MR) is 97.7 cm³/mol. The molecule has 0 amide bonds. The smallest absolute Gasteiger partial charge is 0.247 e. The Morgan fingerprint density at radius 1 is 1.19 bits per heavy atom. The first-order chi connectivity index (χ1) is 12.5. The molecule has 0 spiro atoms. The van der Waals surface area contributed by atoms with Crippen LogP contribution in [0.2, 0.25) is 5.02 Å². The van der Waals surface area contributed by atoms with Crippen molar-refractivity contribution in [3.05, 3.63) is 65.3 Å². The normalized spacial score (nSPS) is 12.3. The fraction of sp³-hybridized carbons (Fsp3) is 0.263. The standard InChI is InChI=1S/C19H19ClFN3O2/c1-13(24(2)10-11-25-17-9-4-3-8-16(17)21)18-22-23-19(26-18)14-6-5-7-15(20)12-14/h3-9,12-13H,10-11H2,1-2H3. The highest BCUT2D eigenvalue weighted by Crippen LogP contribution is 2.25. The fourth-order valence-electron chi connectivity index (χ4n) is 2.39. The molecule has 0 saturated heterocycles. The Morgan fingerprint density at radius 2 is 2.00 bits per heavy atom. The molecule has 0 bridgehead atoms. The lowest BCUT2D eigenvalue weighted by Crippen LogP contribution is -2.27. The minimum atomic E-state index is -0.369. The van der Waals surface area contributed by atoms with Crippen molar-refractivity contribution in [2.45, 2.75) is 13.0 Å². The Labute approximate surface area is 156 Å². The second-order valence-corrected chi connectivity index (χ2v) is 6.33. The number of nitrogens with zero attached hydrogens (tertiary/aromatic N) is 3. The van der Waals surface area contributed by atoms with Crippen LogP contribution in [0.3, 0.4) is 0 Å². The predicted octanol–water partition coefficient (Wildman–Crippen LogP) is 4.60. The molecule has 0 aliphatic rings. The molecule has 1 unspecified atom stereocenters. The zero-order chi connectivity index (χ0) is 18.5. The van der Waals surface area contributed by atoms with Crippen molar-refractivity contribution in [2.24, 2.45) is 0 Å². The quantitative estimate of drug-likeness (QED) is 0.604. The second kappa shape index (κ2) is 8.29. The van der Waals surface area contributed by atoms with Gasteiger partial charge in [0.05, 0.1) is 6.04 Å². The number of rotatable bonds is 7. The summed E-state index contributed by atoms with van der Waals surface area (Å²) in [5, 5.41) is 8.82. The summed E-state index contributed by atoms with van der Waals surface area (Å²) in [4.78, 5) is 2.00. The minimum absolute atomic E-state index is 0.111. The number of benzene rings is 2. The van der Waals surface area contributed by atoms with Crippen molar-refractivity contribution >= 4 is 11.6 Å². The lowest BCUT2D eigenvalue weighted by molar-refractivity contribution is 0.179. The molecule has 2 aromatic carbocycles. The number of halogens is 2. The van der Waals surface area contributed by atoms with Gasteiger partial charge in [-0.25, -0.2) is 4.39 Å². The lowest BCUT2D eigenvalue weighted by Gasteiger charge is -2.21. The molecule has 0 saturated carbocycles. The van der Waals surface area contributed by atoms with E-state index in [-0.39, 0.29) is 17.6 Å². The van der Waals surface area contributed by atoms with Crippen molar-refractivity contribution in [3.8, 4) is 17.2 Å². The van der Waals surface area contributed by atoms with Gasteiger partial charge in [0.1, 0.15) is 6.61 Å². The zero-order valence-corrected chi connectivity index (χ0v) is 15.3. The molecule has 26 heavy (non-hydrogen) atoms. The highest BCUT2D eigenvalue weighted by Gasteiger charge is 2.19. The summed E-state index contributed by atoms with van der Waals surface area (Å²) in [5.74, 6) is 0.791. The van der Waals surface area contributed by atoms with Crippen LogP contribution in [0.15, 0.2) is 52.9 Å². The first-order valence-electron chi connectivity index (χ1n) is 8.21. The van der Waals surface area contributed by atoms with Crippen LogP contribution in [0.25, 0.3) is 11.5 Å². The number of hydrogen-bond acceptors (Lipinski definition) is 5. The molecule has 0 fully saturated rings. The summed E-state index contributed by atoms with van der Waals surface area (Å²) < 4.78 is 24.8. The Bertz CT molecular complexity index is 871. The average Bonchev–Trinajstić information content (AvgIpc) is 3.13. The summed E-state index contributed by atoms with van der Waals surface area (Å²) in [6, 6.07) is 13.5. The molecule has 1 heterocycles. The van der Waals surface area contributed by atoms with Gasteiger partial charge in [-0.15, -0.1) is 10.2 Å². The van der Waals surface area contributed by atoms with E-state index in [1.54, 1.807) is 30.3 Å². The minimum Gasteiger partial charge on any atom is -0.489 e. The molecule has 3 aromatic rings. The van der Waals surface area contributed by atoms with Gasteiger partial charge < -0.3 is 9.15 Å². The molecule has 5 nitrogen and oxygen atoms in total. The number of ether oxygens (including phenoxy) is 1. The van der Waals surface area contributed by atoms with Crippen LogP contribution in [0.5, 0.6) is 5.75 Å². The van der Waals surface area contributed by atoms with Crippen LogP contribution in [0.4, 0.5) is 4.39 Å². The lowest BCUT2D eigenvalue weighted by atomic mass is 10.2. The van der Waals surface area contributed by atoms with E-state index in [4.69, 9.17) is 20.8 Å². The van der Waals surface area contributed by atoms with Gasteiger partial charge in [0.25, 0.3) is 0 Å². The third-order valence-corrected chi connectivity index (χ3v) is 4.30. The van der Waals surface area contributed by atoms with Gasteiger partial charge in [0, 0.05) is 17.1 Å². The summed E-state index contributed by atoms with van der Waals surface area (Å²) in [5.41, 5.74) is 0.772. The molecular formula is C19H19ClFN3O2. The maximum absolute atomic E-state index is 13.5. The Balaban J connectivity index is 1.58. The Kier molecular flexibility index (Phi) is 5.85. The highest BCUT2D eigenvalue weighted by atomic mass is 35.5. The Morgan fingerprint density at radius 3 is 2.77 bits per heavy atom. The van der Waals surface area contributed by atoms with E-state index in [9.17, 15) is 4.39 Å². The number of hydrogen-bond donors (Lipinski definition) is 0. The van der Waals surface area contributed by atoms with E-state index < -0.39 is 0 Å². The second-order valence-electron chi connectivity index (χ2n) is 5.89. The highest BCUT2D eigenvalue weighted by molar-refractivity contribution is 6.30. The summed E-state index contributed by atoms with van der Waals surface area (Å²) in [6.45, 7) is 2.87. The van der Waals surface area contributed by atoms with E-state index in [2.05, 4.69) is 10.2 Å². The summed E-state index contributed by atoms with van der Waals surface area (Å²) >= 11 is 5.99. The number of likely N-dealkylation sites (N-methyl/N-ethyl adjacent to an activating group) is 1. The molecule has 0 N–H and O–H groups in total. The van der Waals surface area contributed by atoms with Crippen LogP contribution in [-0.4, -0.2) is 35.3 Å². The van der Waals surface area contributed by atoms with Crippen LogP contribution in [-0.2, 0) is 0 Å². The van der Waals surface area contributed by atoms with E-state index in [0.717, 1.165) is 5.56 Å². The molecule has 1 atom stereocenters. The van der Waals surface area contributed by atoms with Crippen LogP contribution in [0.1, 0.15) is 18.9 Å². The van der Waals surface area contributed by atoms with Crippen LogP contribution >= 0.6 is 11.6 Å². The van der Waals surface area contributed by atoms with Gasteiger partial charge in [-0.2, -0.15) is 0 Å². The topological polar surface area (TPSA) is 51.4 Å². The van der Waals surface area contributed by atoms with Crippen molar-refractivity contribution in [3.63, 3.8) is 0 Å². The first-order valence-corrected chi connectivity index (χ1v) is 8.59. The maximum atomic E-state index is 13.5. The van der Waals surface area contributed by atoms with Gasteiger partial charge in [-0.3, -0.25) is 4.90 Å². The molecule has 136 valence electrons. The molecule has 0 radical (unpaired) electrons. The van der Waals surface area contributed by atoms with E-state index in [1.165, 1.54) is 6.07 Å².